The zero-order chi connectivity index (χ0) is 14.5. The van der Waals surface area contributed by atoms with Crippen molar-refractivity contribution in [3.8, 4) is 0 Å². The molecule has 0 heterocycles. The second kappa shape index (κ2) is 7.25. The third-order valence-electron chi connectivity index (χ3n) is 2.95. The second-order valence-corrected chi connectivity index (χ2v) is 6.78. The third kappa shape index (κ3) is 4.62. The molecule has 1 atom stereocenters. The van der Waals surface area contributed by atoms with Crippen LogP contribution < -0.4 is 5.73 Å². The molecular formula is C16H17BrFNS. The number of halogens is 2. The maximum absolute atomic E-state index is 13.0. The first-order valence-electron chi connectivity index (χ1n) is 6.43. The molecule has 1 nitrogen and oxygen atoms in total. The maximum atomic E-state index is 13.0. The number of hydrogen-bond acceptors (Lipinski definition) is 2. The summed E-state index contributed by atoms with van der Waals surface area (Å²) in [6.45, 7) is 2.08. The monoisotopic (exact) mass is 353 g/mol. The van der Waals surface area contributed by atoms with Crippen molar-refractivity contribution in [1.29, 1.82) is 0 Å². The van der Waals surface area contributed by atoms with Crippen LogP contribution in [0.1, 0.15) is 11.1 Å². The van der Waals surface area contributed by atoms with Crippen molar-refractivity contribution < 1.29 is 4.39 Å². The number of thioether (sulfide) groups is 1. The molecule has 0 amide bonds. The van der Waals surface area contributed by atoms with Gasteiger partial charge in [-0.1, -0.05) is 39.7 Å². The highest BCUT2D eigenvalue weighted by atomic mass is 79.9. The van der Waals surface area contributed by atoms with E-state index < -0.39 is 0 Å². The standard InChI is InChI=1S/C16H17BrFNS/c1-11-3-2-4-15(7-11)20-10-14(19)8-12-5-6-13(18)9-16(12)17/h2-7,9,14H,8,10,19H2,1H3. The van der Waals surface area contributed by atoms with Crippen molar-refractivity contribution >= 4 is 27.7 Å². The molecule has 0 saturated heterocycles. The largest absolute Gasteiger partial charge is 0.327 e. The van der Waals surface area contributed by atoms with Gasteiger partial charge in [0.2, 0.25) is 0 Å². The normalized spacial score (nSPS) is 12.4. The van der Waals surface area contributed by atoms with Crippen molar-refractivity contribution in [2.75, 3.05) is 5.75 Å². The number of nitrogens with two attached hydrogens (primary N) is 1. The quantitative estimate of drug-likeness (QED) is 0.797. The van der Waals surface area contributed by atoms with E-state index in [1.807, 2.05) is 0 Å². The molecule has 4 heteroatoms. The van der Waals surface area contributed by atoms with Gasteiger partial charge in [-0.3, -0.25) is 0 Å². The average molecular weight is 354 g/mol. The number of aryl methyl sites for hydroxylation is 1. The summed E-state index contributed by atoms with van der Waals surface area (Å²) in [6, 6.07) is 13.2. The number of hydrogen-bond donors (Lipinski definition) is 1. The molecule has 0 aromatic heterocycles. The Labute approximate surface area is 131 Å². The average Bonchev–Trinajstić information content (AvgIpc) is 2.40. The molecule has 0 bridgehead atoms. The zero-order valence-electron chi connectivity index (χ0n) is 11.3. The van der Waals surface area contributed by atoms with Crippen LogP contribution in [0.2, 0.25) is 0 Å². The second-order valence-electron chi connectivity index (χ2n) is 4.83. The van der Waals surface area contributed by atoms with Crippen LogP contribution in [-0.2, 0) is 6.42 Å². The molecule has 1 unspecified atom stereocenters. The van der Waals surface area contributed by atoms with Crippen LogP contribution in [0.15, 0.2) is 51.8 Å². The van der Waals surface area contributed by atoms with Gasteiger partial charge in [0, 0.05) is 21.2 Å². The van der Waals surface area contributed by atoms with Gasteiger partial charge < -0.3 is 5.73 Å². The summed E-state index contributed by atoms with van der Waals surface area (Å²) in [4.78, 5) is 1.23. The lowest BCUT2D eigenvalue weighted by Gasteiger charge is -2.13. The molecule has 106 valence electrons. The van der Waals surface area contributed by atoms with Crippen LogP contribution in [0.25, 0.3) is 0 Å². The van der Waals surface area contributed by atoms with Gasteiger partial charge in [0.25, 0.3) is 0 Å². The Morgan fingerprint density at radius 1 is 1.25 bits per heavy atom. The topological polar surface area (TPSA) is 26.0 Å². The fourth-order valence-electron chi connectivity index (χ4n) is 1.94. The fourth-order valence-corrected chi connectivity index (χ4v) is 3.42. The van der Waals surface area contributed by atoms with Gasteiger partial charge in [0.1, 0.15) is 5.82 Å². The Kier molecular flexibility index (Phi) is 5.64. The van der Waals surface area contributed by atoms with Gasteiger partial charge in [0.15, 0.2) is 0 Å². The molecule has 0 aliphatic rings. The van der Waals surface area contributed by atoms with Crippen molar-refractivity contribution in [3.05, 3.63) is 63.9 Å². The molecule has 0 aliphatic heterocycles. The molecule has 0 saturated carbocycles. The molecule has 2 rings (SSSR count). The van der Waals surface area contributed by atoms with E-state index in [4.69, 9.17) is 5.73 Å². The highest BCUT2D eigenvalue weighted by Gasteiger charge is 2.08. The molecule has 20 heavy (non-hydrogen) atoms. The SMILES string of the molecule is Cc1cccc(SCC(N)Cc2ccc(F)cc2Br)c1. The highest BCUT2D eigenvalue weighted by Crippen LogP contribution is 2.23. The van der Waals surface area contributed by atoms with Crippen molar-refractivity contribution in [3.63, 3.8) is 0 Å². The van der Waals surface area contributed by atoms with Crippen LogP contribution in [0, 0.1) is 12.7 Å². The van der Waals surface area contributed by atoms with Gasteiger partial charge >= 0.3 is 0 Å². The van der Waals surface area contributed by atoms with Gasteiger partial charge in [-0.25, -0.2) is 4.39 Å². The van der Waals surface area contributed by atoms with Crippen LogP contribution in [0.3, 0.4) is 0 Å². The van der Waals surface area contributed by atoms with Crippen molar-refractivity contribution in [2.24, 2.45) is 5.73 Å². The minimum atomic E-state index is -0.233. The third-order valence-corrected chi connectivity index (χ3v) is 4.87. The Balaban J connectivity index is 1.90. The van der Waals surface area contributed by atoms with E-state index in [0.29, 0.717) is 0 Å². The molecule has 0 aliphatic carbocycles. The predicted molar refractivity (Wildman–Crippen MR) is 87.7 cm³/mol. The molecule has 2 N–H and O–H groups in total. The first kappa shape index (κ1) is 15.5. The first-order chi connectivity index (χ1) is 9.54. The van der Waals surface area contributed by atoms with Crippen LogP contribution in [-0.4, -0.2) is 11.8 Å². The summed E-state index contributed by atoms with van der Waals surface area (Å²) in [5.74, 6) is 0.608. The lowest BCUT2D eigenvalue weighted by Crippen LogP contribution is -2.25. The maximum Gasteiger partial charge on any atom is 0.124 e. The van der Waals surface area contributed by atoms with E-state index in [1.165, 1.54) is 22.6 Å². The fraction of sp³-hybridized carbons (Fsp3) is 0.250. The van der Waals surface area contributed by atoms with E-state index in [2.05, 4.69) is 47.1 Å². The minimum absolute atomic E-state index is 0.0438. The Morgan fingerprint density at radius 2 is 2.05 bits per heavy atom. The lowest BCUT2D eigenvalue weighted by molar-refractivity contribution is 0.625. The summed E-state index contributed by atoms with van der Waals surface area (Å²) >= 11 is 5.14. The molecular weight excluding hydrogens is 337 g/mol. The summed E-state index contributed by atoms with van der Waals surface area (Å²) in [7, 11) is 0. The minimum Gasteiger partial charge on any atom is -0.327 e. The first-order valence-corrected chi connectivity index (χ1v) is 8.21. The van der Waals surface area contributed by atoms with Gasteiger partial charge in [-0.05, 0) is 43.2 Å². The molecule has 0 spiro atoms. The number of benzene rings is 2. The van der Waals surface area contributed by atoms with Crippen LogP contribution >= 0.6 is 27.7 Å². The zero-order valence-corrected chi connectivity index (χ0v) is 13.7. The highest BCUT2D eigenvalue weighted by molar-refractivity contribution is 9.10. The molecule has 0 radical (unpaired) electrons. The van der Waals surface area contributed by atoms with E-state index in [9.17, 15) is 4.39 Å². The van der Waals surface area contributed by atoms with Gasteiger partial charge in [0.05, 0.1) is 0 Å². The van der Waals surface area contributed by atoms with E-state index in [-0.39, 0.29) is 11.9 Å². The molecule has 0 fully saturated rings. The smallest absolute Gasteiger partial charge is 0.124 e. The summed E-state index contributed by atoms with van der Waals surface area (Å²) in [5.41, 5.74) is 8.46. The Bertz CT molecular complexity index is 588. The van der Waals surface area contributed by atoms with Crippen molar-refractivity contribution in [2.45, 2.75) is 24.3 Å². The molecule has 2 aromatic carbocycles. The summed E-state index contributed by atoms with van der Waals surface area (Å²) in [6.07, 6.45) is 0.736. The van der Waals surface area contributed by atoms with Gasteiger partial charge in [-0.2, -0.15) is 0 Å². The van der Waals surface area contributed by atoms with E-state index >= 15 is 0 Å². The predicted octanol–water partition coefficient (Wildman–Crippen LogP) is 4.56. The lowest BCUT2D eigenvalue weighted by atomic mass is 10.1. The number of rotatable bonds is 5. The Morgan fingerprint density at radius 3 is 2.75 bits per heavy atom. The van der Waals surface area contributed by atoms with Crippen LogP contribution in [0.4, 0.5) is 4.39 Å². The molecule has 2 aromatic rings. The summed E-state index contributed by atoms with van der Waals surface area (Å²) in [5, 5.41) is 0. The van der Waals surface area contributed by atoms with Crippen molar-refractivity contribution in [1.82, 2.24) is 0 Å². The summed E-state index contributed by atoms with van der Waals surface area (Å²) < 4.78 is 13.8. The van der Waals surface area contributed by atoms with Gasteiger partial charge in [-0.15, -0.1) is 11.8 Å². The van der Waals surface area contributed by atoms with E-state index in [1.54, 1.807) is 17.8 Å². The Hall–Kier alpha value is -0.840. The van der Waals surface area contributed by atoms with Crippen LogP contribution in [0.5, 0.6) is 0 Å². The van der Waals surface area contributed by atoms with E-state index in [0.717, 1.165) is 22.2 Å².